The van der Waals surface area contributed by atoms with Gasteiger partial charge in [0, 0.05) is 6.20 Å². The lowest BCUT2D eigenvalue weighted by Gasteiger charge is -2.30. The van der Waals surface area contributed by atoms with Crippen molar-refractivity contribution in [1.29, 1.82) is 5.26 Å². The Balaban J connectivity index is 0.000000468. The number of ether oxygens (including phenoxy) is 1. The minimum atomic E-state index is -1.24. The van der Waals surface area contributed by atoms with Crippen molar-refractivity contribution in [3.05, 3.63) is 29.6 Å². The SMILES string of the molecule is CC(C)(C)OC(C)(C)C.N#Cc1cc(C(C=O)C(=O)O)ccn1. The summed E-state index contributed by atoms with van der Waals surface area (Å²) in [6, 6.07) is 4.45. The second-order valence-electron chi connectivity index (χ2n) is 6.87. The summed E-state index contributed by atoms with van der Waals surface area (Å²) in [7, 11) is 0. The highest BCUT2D eigenvalue weighted by Crippen LogP contribution is 2.18. The molecule has 0 bridgehead atoms. The van der Waals surface area contributed by atoms with Crippen molar-refractivity contribution in [3.63, 3.8) is 0 Å². The summed E-state index contributed by atoms with van der Waals surface area (Å²) in [5.41, 5.74) is 0.325. The zero-order valence-electron chi connectivity index (χ0n) is 14.5. The van der Waals surface area contributed by atoms with E-state index in [0.717, 1.165) is 0 Å². The largest absolute Gasteiger partial charge is 0.480 e. The Hall–Kier alpha value is -2.26. The van der Waals surface area contributed by atoms with Crippen LogP contribution in [0.5, 0.6) is 0 Å². The second kappa shape index (κ2) is 8.39. The van der Waals surface area contributed by atoms with Crippen molar-refractivity contribution in [2.24, 2.45) is 0 Å². The number of carboxylic acid groups (broad SMARTS) is 1. The van der Waals surface area contributed by atoms with Crippen LogP contribution in [0.15, 0.2) is 18.3 Å². The highest BCUT2D eigenvalue weighted by Gasteiger charge is 2.20. The number of hydrogen-bond acceptors (Lipinski definition) is 5. The number of hydrogen-bond donors (Lipinski definition) is 1. The summed E-state index contributed by atoms with van der Waals surface area (Å²) in [6.07, 6.45) is 1.62. The summed E-state index contributed by atoms with van der Waals surface area (Å²) in [4.78, 5) is 24.7. The summed E-state index contributed by atoms with van der Waals surface area (Å²) >= 11 is 0. The minimum Gasteiger partial charge on any atom is -0.480 e. The van der Waals surface area contributed by atoms with Crippen LogP contribution in [-0.2, 0) is 14.3 Å². The Kier molecular flexibility index (Phi) is 7.57. The van der Waals surface area contributed by atoms with Gasteiger partial charge in [0.15, 0.2) is 0 Å². The highest BCUT2D eigenvalue weighted by molar-refractivity contribution is 5.92. The Morgan fingerprint density at radius 1 is 1.30 bits per heavy atom. The molecule has 1 rings (SSSR count). The maximum Gasteiger partial charge on any atom is 0.318 e. The van der Waals surface area contributed by atoms with Crippen LogP contribution in [0.4, 0.5) is 0 Å². The van der Waals surface area contributed by atoms with Gasteiger partial charge in [-0.3, -0.25) is 4.79 Å². The van der Waals surface area contributed by atoms with E-state index in [2.05, 4.69) is 46.5 Å². The molecule has 1 unspecified atom stereocenters. The Morgan fingerprint density at radius 2 is 1.83 bits per heavy atom. The van der Waals surface area contributed by atoms with Crippen molar-refractivity contribution in [2.75, 3.05) is 0 Å². The topological polar surface area (TPSA) is 100 Å². The Morgan fingerprint density at radius 3 is 2.13 bits per heavy atom. The molecule has 0 aliphatic rings. The first-order chi connectivity index (χ1) is 10.4. The van der Waals surface area contributed by atoms with Crippen LogP contribution in [0.2, 0.25) is 0 Å². The van der Waals surface area contributed by atoms with Gasteiger partial charge in [-0.2, -0.15) is 5.26 Å². The number of nitrogens with zero attached hydrogens (tertiary/aromatic N) is 2. The molecule has 0 radical (unpaired) electrons. The van der Waals surface area contributed by atoms with Gasteiger partial charge in [0.05, 0.1) is 11.2 Å². The van der Waals surface area contributed by atoms with Gasteiger partial charge < -0.3 is 14.6 Å². The number of aromatic nitrogens is 1. The molecular weight excluding hydrogens is 296 g/mol. The van der Waals surface area contributed by atoms with Crippen LogP contribution in [-0.4, -0.2) is 33.5 Å². The standard InChI is InChI=1S/C9H6N2O3.C8H18O/c10-4-7-3-6(1-2-11-7)8(5-12)9(13)14;1-7(2,3)9-8(4,5)6/h1-3,5,8H,(H,13,14);1-6H3. The molecule has 6 nitrogen and oxygen atoms in total. The molecule has 6 heteroatoms. The summed E-state index contributed by atoms with van der Waals surface area (Å²) in [6.45, 7) is 12.4. The number of nitriles is 1. The maximum absolute atomic E-state index is 10.6. The first kappa shape index (κ1) is 20.7. The molecule has 0 amide bonds. The van der Waals surface area contributed by atoms with Gasteiger partial charge in [0.25, 0.3) is 0 Å². The van der Waals surface area contributed by atoms with Crippen molar-refractivity contribution in [3.8, 4) is 6.07 Å². The third-order valence-corrected chi connectivity index (χ3v) is 2.27. The summed E-state index contributed by atoms with van der Waals surface area (Å²) in [5, 5.41) is 17.2. The molecule has 1 N–H and O–H groups in total. The van der Waals surface area contributed by atoms with E-state index in [-0.39, 0.29) is 22.5 Å². The number of pyridine rings is 1. The zero-order chi connectivity index (χ0) is 18.3. The van der Waals surface area contributed by atoms with Crippen LogP contribution in [0.1, 0.15) is 58.7 Å². The van der Waals surface area contributed by atoms with Crippen molar-refractivity contribution >= 4 is 12.3 Å². The third kappa shape index (κ3) is 9.38. The van der Waals surface area contributed by atoms with Gasteiger partial charge in [0.2, 0.25) is 0 Å². The van der Waals surface area contributed by atoms with Crippen LogP contribution >= 0.6 is 0 Å². The van der Waals surface area contributed by atoms with Gasteiger partial charge in [-0.15, -0.1) is 0 Å². The van der Waals surface area contributed by atoms with E-state index in [0.29, 0.717) is 6.29 Å². The monoisotopic (exact) mass is 320 g/mol. The first-order valence-corrected chi connectivity index (χ1v) is 7.14. The van der Waals surface area contributed by atoms with Gasteiger partial charge in [-0.05, 0) is 59.2 Å². The lowest BCUT2D eigenvalue weighted by atomic mass is 10.0. The predicted molar refractivity (Wildman–Crippen MR) is 86.0 cm³/mol. The Bertz CT molecular complexity index is 565. The number of aliphatic carboxylic acids is 1. The molecule has 1 aromatic heterocycles. The van der Waals surface area contributed by atoms with Crippen molar-refractivity contribution in [2.45, 2.75) is 58.7 Å². The molecule has 0 spiro atoms. The van der Waals surface area contributed by atoms with Crippen LogP contribution in [0, 0.1) is 11.3 Å². The van der Waals surface area contributed by atoms with Crippen LogP contribution < -0.4 is 0 Å². The lowest BCUT2D eigenvalue weighted by Crippen LogP contribution is -2.31. The molecule has 0 fully saturated rings. The number of carbonyl (C=O) groups is 2. The smallest absolute Gasteiger partial charge is 0.318 e. The van der Waals surface area contributed by atoms with Crippen molar-refractivity contribution < 1.29 is 19.4 Å². The molecule has 1 heterocycles. The molecule has 23 heavy (non-hydrogen) atoms. The second-order valence-corrected chi connectivity index (χ2v) is 6.87. The van der Waals surface area contributed by atoms with E-state index in [1.54, 1.807) is 6.07 Å². The molecule has 1 atom stereocenters. The lowest BCUT2D eigenvalue weighted by molar-refractivity contribution is -0.140. The molecule has 0 saturated carbocycles. The maximum atomic E-state index is 10.6. The third-order valence-electron chi connectivity index (χ3n) is 2.27. The van der Waals surface area contributed by atoms with Gasteiger partial charge >= 0.3 is 5.97 Å². The fraction of sp³-hybridized carbons (Fsp3) is 0.529. The number of carboxylic acids is 1. The van der Waals surface area contributed by atoms with Gasteiger partial charge in [-0.1, -0.05) is 0 Å². The summed E-state index contributed by atoms with van der Waals surface area (Å²) in [5.74, 6) is -2.47. The normalized spacial score (nSPS) is 12.4. The van der Waals surface area contributed by atoms with E-state index in [9.17, 15) is 9.59 Å². The van der Waals surface area contributed by atoms with Crippen molar-refractivity contribution in [1.82, 2.24) is 4.98 Å². The zero-order valence-corrected chi connectivity index (χ0v) is 14.5. The first-order valence-electron chi connectivity index (χ1n) is 7.14. The highest BCUT2D eigenvalue weighted by atomic mass is 16.5. The van der Waals surface area contributed by atoms with Crippen LogP contribution in [0.3, 0.4) is 0 Å². The minimum absolute atomic E-state index is 0.0156. The number of aldehydes is 1. The molecule has 126 valence electrons. The van der Waals surface area contributed by atoms with E-state index in [4.69, 9.17) is 15.1 Å². The van der Waals surface area contributed by atoms with Gasteiger partial charge in [-0.25, -0.2) is 4.98 Å². The predicted octanol–water partition coefficient (Wildman–Crippen LogP) is 2.92. The molecule has 0 aliphatic heterocycles. The molecular formula is C17H24N2O4. The van der Waals surface area contributed by atoms with E-state index in [1.807, 2.05) is 0 Å². The Labute approximate surface area is 137 Å². The van der Waals surface area contributed by atoms with E-state index in [1.165, 1.54) is 18.3 Å². The molecule has 1 aromatic rings. The molecule has 0 saturated heterocycles. The fourth-order valence-corrected chi connectivity index (χ4v) is 1.90. The number of rotatable bonds is 3. The summed E-state index contributed by atoms with van der Waals surface area (Å²) < 4.78 is 5.62. The quantitative estimate of drug-likeness (QED) is 0.679. The molecule has 0 aliphatic carbocycles. The fourth-order valence-electron chi connectivity index (χ4n) is 1.90. The number of carbonyl (C=O) groups excluding carboxylic acids is 1. The average molecular weight is 320 g/mol. The van der Waals surface area contributed by atoms with Crippen LogP contribution in [0.25, 0.3) is 0 Å². The van der Waals surface area contributed by atoms with E-state index < -0.39 is 11.9 Å². The average Bonchev–Trinajstić information content (AvgIpc) is 2.35. The molecule has 0 aromatic carbocycles. The van der Waals surface area contributed by atoms with E-state index >= 15 is 0 Å². The van der Waals surface area contributed by atoms with Gasteiger partial charge in [0.1, 0.15) is 24.0 Å².